The summed E-state index contributed by atoms with van der Waals surface area (Å²) >= 11 is 0. The number of hydrogen-bond acceptors (Lipinski definition) is 6. The normalized spacial score (nSPS) is 11.4. The van der Waals surface area contributed by atoms with Crippen LogP contribution in [-0.2, 0) is 6.54 Å². The average Bonchev–Trinajstić information content (AvgIpc) is 3.02. The molecule has 1 aromatic carbocycles. The van der Waals surface area contributed by atoms with Gasteiger partial charge in [0.25, 0.3) is 0 Å². The lowest BCUT2D eigenvalue weighted by atomic mass is 10.1. The maximum absolute atomic E-state index is 14.1. The molecule has 0 unspecified atom stereocenters. The van der Waals surface area contributed by atoms with Crippen LogP contribution in [-0.4, -0.2) is 29.9 Å². The highest BCUT2D eigenvalue weighted by Crippen LogP contribution is 2.26. The molecule has 0 saturated carbocycles. The van der Waals surface area contributed by atoms with Crippen LogP contribution >= 0.6 is 0 Å². The topological polar surface area (TPSA) is 95.4 Å². The molecule has 0 bridgehead atoms. The third-order valence-corrected chi connectivity index (χ3v) is 4.28. The summed E-state index contributed by atoms with van der Waals surface area (Å²) in [6.07, 6.45) is 1.67. The summed E-state index contributed by atoms with van der Waals surface area (Å²) in [6, 6.07) is 10.3. The number of nitrogens with two attached hydrogens (primary N) is 1. The summed E-state index contributed by atoms with van der Waals surface area (Å²) < 4.78 is 15.7. The van der Waals surface area contributed by atoms with Crippen LogP contribution in [0.4, 0.5) is 10.2 Å². The molecule has 4 rings (SSSR count). The first-order valence-corrected chi connectivity index (χ1v) is 8.60. The van der Waals surface area contributed by atoms with Crippen molar-refractivity contribution < 1.29 is 4.39 Å². The van der Waals surface area contributed by atoms with Gasteiger partial charge in [-0.15, -0.1) is 10.2 Å². The van der Waals surface area contributed by atoms with Gasteiger partial charge in [0.05, 0.1) is 11.9 Å². The van der Waals surface area contributed by atoms with E-state index in [0.717, 1.165) is 5.39 Å². The third kappa shape index (κ3) is 3.10. The molecule has 0 radical (unpaired) electrons. The van der Waals surface area contributed by atoms with Crippen molar-refractivity contribution in [1.82, 2.24) is 29.9 Å². The van der Waals surface area contributed by atoms with E-state index >= 15 is 0 Å². The van der Waals surface area contributed by atoms with Gasteiger partial charge in [0.15, 0.2) is 5.65 Å². The van der Waals surface area contributed by atoms with E-state index in [-0.39, 0.29) is 18.3 Å². The van der Waals surface area contributed by atoms with E-state index in [1.54, 1.807) is 35.1 Å². The third-order valence-electron chi connectivity index (χ3n) is 4.28. The zero-order chi connectivity index (χ0) is 19.0. The Balaban J connectivity index is 1.83. The van der Waals surface area contributed by atoms with Gasteiger partial charge in [0, 0.05) is 17.7 Å². The maximum atomic E-state index is 14.1. The van der Waals surface area contributed by atoms with Crippen molar-refractivity contribution in [2.75, 3.05) is 5.73 Å². The van der Waals surface area contributed by atoms with Gasteiger partial charge >= 0.3 is 0 Å². The molecule has 0 atom stereocenters. The van der Waals surface area contributed by atoms with Gasteiger partial charge in [0.1, 0.15) is 23.0 Å². The van der Waals surface area contributed by atoms with Crippen molar-refractivity contribution in [3.63, 3.8) is 0 Å². The van der Waals surface area contributed by atoms with Crippen molar-refractivity contribution in [2.24, 2.45) is 0 Å². The summed E-state index contributed by atoms with van der Waals surface area (Å²) in [6.45, 7) is 4.20. The van der Waals surface area contributed by atoms with Crippen LogP contribution in [0.25, 0.3) is 22.6 Å². The highest BCUT2D eigenvalue weighted by Gasteiger charge is 2.19. The van der Waals surface area contributed by atoms with Gasteiger partial charge in [-0.05, 0) is 18.2 Å². The van der Waals surface area contributed by atoms with Gasteiger partial charge in [0.2, 0.25) is 5.82 Å². The Bertz CT molecular complexity index is 1120. The van der Waals surface area contributed by atoms with E-state index in [4.69, 9.17) is 5.73 Å². The number of hydrogen-bond donors (Lipinski definition) is 1. The second-order valence-electron chi connectivity index (χ2n) is 6.53. The second kappa shape index (κ2) is 6.71. The Hall–Kier alpha value is -3.42. The maximum Gasteiger partial charge on any atom is 0.204 e. The van der Waals surface area contributed by atoms with Crippen molar-refractivity contribution in [2.45, 2.75) is 26.3 Å². The molecular formula is C19H18FN7. The van der Waals surface area contributed by atoms with E-state index < -0.39 is 0 Å². The number of rotatable bonds is 4. The number of anilines is 1. The minimum absolute atomic E-state index is 0.121. The monoisotopic (exact) mass is 363 g/mol. The minimum atomic E-state index is -0.290. The average molecular weight is 363 g/mol. The summed E-state index contributed by atoms with van der Waals surface area (Å²) in [4.78, 5) is 8.77. The zero-order valence-electron chi connectivity index (χ0n) is 15.0. The summed E-state index contributed by atoms with van der Waals surface area (Å²) in [5, 5.41) is 13.7. The Kier molecular flexibility index (Phi) is 4.23. The van der Waals surface area contributed by atoms with Crippen LogP contribution in [0.5, 0.6) is 0 Å². The number of nitrogen functional groups attached to an aromatic ring is 1. The fraction of sp³-hybridized carbons (Fsp3) is 0.211. The predicted molar refractivity (Wildman–Crippen MR) is 100 cm³/mol. The first-order valence-electron chi connectivity index (χ1n) is 8.60. The van der Waals surface area contributed by atoms with Crippen LogP contribution < -0.4 is 5.73 Å². The van der Waals surface area contributed by atoms with E-state index in [0.29, 0.717) is 34.2 Å². The van der Waals surface area contributed by atoms with Crippen LogP contribution in [0.15, 0.2) is 42.6 Å². The lowest BCUT2D eigenvalue weighted by molar-refractivity contribution is 0.589. The first-order chi connectivity index (χ1) is 13.0. The van der Waals surface area contributed by atoms with Crippen molar-refractivity contribution in [3.8, 4) is 11.5 Å². The smallest absolute Gasteiger partial charge is 0.204 e. The van der Waals surface area contributed by atoms with Crippen molar-refractivity contribution in [3.05, 3.63) is 59.7 Å². The molecule has 27 heavy (non-hydrogen) atoms. The lowest BCUT2D eigenvalue weighted by Gasteiger charge is -2.06. The van der Waals surface area contributed by atoms with Crippen LogP contribution in [0.2, 0.25) is 0 Å². The van der Waals surface area contributed by atoms with Gasteiger partial charge in [-0.25, -0.2) is 19.0 Å². The quantitative estimate of drug-likeness (QED) is 0.598. The van der Waals surface area contributed by atoms with Crippen LogP contribution in [0.1, 0.15) is 31.0 Å². The standard InChI is InChI=1S/C19H18FN7/c1-11(2)15-17(21)23-18(25-24-15)16-13-7-5-9-22-19(13)27(26-16)10-12-6-3-4-8-14(12)20/h3-9,11H,10H2,1-2H3,(H2,21,23,25). The summed E-state index contributed by atoms with van der Waals surface area (Å²) in [5.41, 5.74) is 8.34. The van der Waals surface area contributed by atoms with Gasteiger partial charge in [-0.2, -0.15) is 5.10 Å². The van der Waals surface area contributed by atoms with Gasteiger partial charge in [-0.3, -0.25) is 0 Å². The number of aromatic nitrogens is 6. The Morgan fingerprint density at radius 3 is 2.67 bits per heavy atom. The molecule has 3 aromatic heterocycles. The number of pyridine rings is 1. The largest absolute Gasteiger partial charge is 0.382 e. The Morgan fingerprint density at radius 1 is 1.11 bits per heavy atom. The van der Waals surface area contributed by atoms with Crippen LogP contribution in [0, 0.1) is 5.82 Å². The molecular weight excluding hydrogens is 345 g/mol. The molecule has 0 aliphatic rings. The zero-order valence-corrected chi connectivity index (χ0v) is 15.0. The molecule has 0 amide bonds. The summed E-state index contributed by atoms with van der Waals surface area (Å²) in [5.74, 6) is 0.482. The fourth-order valence-corrected chi connectivity index (χ4v) is 2.93. The molecule has 0 fully saturated rings. The number of nitrogens with zero attached hydrogens (tertiary/aromatic N) is 6. The van der Waals surface area contributed by atoms with E-state index in [1.165, 1.54) is 6.07 Å². The lowest BCUT2D eigenvalue weighted by Crippen LogP contribution is -2.07. The Labute approximate surface area is 155 Å². The van der Waals surface area contributed by atoms with E-state index in [9.17, 15) is 4.39 Å². The van der Waals surface area contributed by atoms with Crippen molar-refractivity contribution >= 4 is 16.9 Å². The van der Waals surface area contributed by atoms with Gasteiger partial charge < -0.3 is 5.73 Å². The number of halogens is 1. The number of fused-ring (bicyclic) bond motifs is 1. The highest BCUT2D eigenvalue weighted by atomic mass is 19.1. The molecule has 136 valence electrons. The molecule has 3 heterocycles. The molecule has 0 aliphatic carbocycles. The van der Waals surface area contributed by atoms with E-state index in [2.05, 4.69) is 25.3 Å². The van der Waals surface area contributed by atoms with Crippen LogP contribution in [0.3, 0.4) is 0 Å². The first kappa shape index (κ1) is 17.0. The molecule has 8 heteroatoms. The molecule has 7 nitrogen and oxygen atoms in total. The molecule has 0 aliphatic heterocycles. The van der Waals surface area contributed by atoms with Gasteiger partial charge in [-0.1, -0.05) is 32.0 Å². The van der Waals surface area contributed by atoms with Crippen molar-refractivity contribution in [1.29, 1.82) is 0 Å². The predicted octanol–water partition coefficient (Wildman–Crippen LogP) is 3.18. The Morgan fingerprint density at radius 2 is 1.93 bits per heavy atom. The fourth-order valence-electron chi connectivity index (χ4n) is 2.93. The van der Waals surface area contributed by atoms with E-state index in [1.807, 2.05) is 19.9 Å². The molecule has 2 N–H and O–H groups in total. The molecule has 0 spiro atoms. The molecule has 0 saturated heterocycles. The SMILES string of the molecule is CC(C)c1nnc(-c2nn(Cc3ccccc3F)c3ncccc23)nc1N. The number of benzene rings is 1. The second-order valence-corrected chi connectivity index (χ2v) is 6.53. The minimum Gasteiger partial charge on any atom is -0.382 e. The summed E-state index contributed by atoms with van der Waals surface area (Å²) in [7, 11) is 0. The highest BCUT2D eigenvalue weighted by molar-refractivity contribution is 5.89. The molecule has 4 aromatic rings.